The Kier molecular flexibility index (Phi) is 6.37. The molecular weight excluding hydrogens is 454 g/mol. The van der Waals surface area contributed by atoms with Crippen LogP contribution >= 0.6 is 27.7 Å². The number of likely N-dealkylation sites (N-methyl/N-ethyl adjacent to an activating group) is 1. The van der Waals surface area contributed by atoms with E-state index in [0.717, 1.165) is 31.7 Å². The van der Waals surface area contributed by atoms with Crippen molar-refractivity contribution >= 4 is 33.6 Å². The molecule has 1 fully saturated rings. The van der Waals surface area contributed by atoms with E-state index >= 15 is 0 Å². The van der Waals surface area contributed by atoms with Gasteiger partial charge in [-0.1, -0.05) is 42.1 Å². The Morgan fingerprint density at radius 1 is 1.10 bits per heavy atom. The summed E-state index contributed by atoms with van der Waals surface area (Å²) in [5.74, 6) is 1.77. The first-order chi connectivity index (χ1) is 14.1. The van der Waals surface area contributed by atoms with Gasteiger partial charge in [-0.05, 0) is 40.7 Å². The molecule has 7 nitrogen and oxygen atoms in total. The average Bonchev–Trinajstić information content (AvgIpc) is 3.33. The first-order valence-corrected chi connectivity index (χ1v) is 11.2. The van der Waals surface area contributed by atoms with Gasteiger partial charge in [-0.3, -0.25) is 9.36 Å². The van der Waals surface area contributed by atoms with Gasteiger partial charge in [0, 0.05) is 26.2 Å². The van der Waals surface area contributed by atoms with Crippen molar-refractivity contribution in [3.8, 4) is 11.6 Å². The molecular formula is C20H22BrN5O2S. The summed E-state index contributed by atoms with van der Waals surface area (Å²) in [4.78, 5) is 16.8. The van der Waals surface area contributed by atoms with Crippen molar-refractivity contribution in [1.82, 2.24) is 24.6 Å². The Morgan fingerprint density at radius 2 is 1.86 bits per heavy atom. The molecule has 3 heterocycles. The molecule has 1 aromatic carbocycles. The third-order valence-corrected chi connectivity index (χ3v) is 6.25. The molecule has 29 heavy (non-hydrogen) atoms. The van der Waals surface area contributed by atoms with Crippen molar-refractivity contribution in [3.05, 3.63) is 52.7 Å². The van der Waals surface area contributed by atoms with E-state index in [4.69, 9.17) is 4.42 Å². The molecule has 3 aromatic rings. The Morgan fingerprint density at radius 3 is 2.55 bits per heavy atom. The maximum Gasteiger partial charge on any atom is 0.233 e. The van der Waals surface area contributed by atoms with Crippen LogP contribution in [0.15, 0.2) is 56.7 Å². The molecule has 4 rings (SSSR count). The molecule has 0 unspecified atom stereocenters. The zero-order chi connectivity index (χ0) is 20.2. The molecule has 0 N–H and O–H groups in total. The van der Waals surface area contributed by atoms with Gasteiger partial charge in [0.25, 0.3) is 0 Å². The lowest BCUT2D eigenvalue weighted by Gasteiger charge is -2.32. The molecule has 0 atom stereocenters. The maximum atomic E-state index is 12.6. The summed E-state index contributed by atoms with van der Waals surface area (Å²) in [5.41, 5.74) is 1.13. The number of nitrogens with zero attached hydrogens (tertiary/aromatic N) is 5. The molecule has 0 saturated carbocycles. The molecule has 152 valence electrons. The van der Waals surface area contributed by atoms with Gasteiger partial charge in [-0.25, -0.2) is 0 Å². The molecule has 0 spiro atoms. The minimum atomic E-state index is 0.139. The van der Waals surface area contributed by atoms with Gasteiger partial charge in [-0.2, -0.15) is 0 Å². The summed E-state index contributed by atoms with van der Waals surface area (Å²) in [6, 6.07) is 13.8. The lowest BCUT2D eigenvalue weighted by molar-refractivity contribution is -0.129. The Balaban J connectivity index is 1.53. The fourth-order valence-electron chi connectivity index (χ4n) is 3.19. The first-order valence-electron chi connectivity index (χ1n) is 9.42. The van der Waals surface area contributed by atoms with E-state index < -0.39 is 0 Å². The van der Waals surface area contributed by atoms with E-state index in [1.165, 1.54) is 11.8 Å². The predicted octanol–water partition coefficient (Wildman–Crippen LogP) is 3.22. The number of aromatic nitrogens is 3. The van der Waals surface area contributed by atoms with Gasteiger partial charge in [0.2, 0.25) is 11.7 Å². The number of carbonyl (C=O) groups is 1. The molecule has 9 heteroatoms. The van der Waals surface area contributed by atoms with Crippen molar-refractivity contribution < 1.29 is 9.21 Å². The van der Waals surface area contributed by atoms with E-state index in [-0.39, 0.29) is 5.91 Å². The SMILES string of the molecule is CN1CCN(C(=O)CSc2nnc(-c3ccc(Br)o3)n2Cc2ccccc2)CC1. The monoisotopic (exact) mass is 475 g/mol. The lowest BCUT2D eigenvalue weighted by atomic mass is 10.2. The smallest absolute Gasteiger partial charge is 0.233 e. The van der Waals surface area contributed by atoms with Crippen molar-refractivity contribution in [2.75, 3.05) is 39.0 Å². The molecule has 0 radical (unpaired) electrons. The van der Waals surface area contributed by atoms with Crippen LogP contribution in [0, 0.1) is 0 Å². The van der Waals surface area contributed by atoms with E-state index in [9.17, 15) is 4.79 Å². The minimum Gasteiger partial charge on any atom is -0.446 e. The second kappa shape index (κ2) is 9.15. The van der Waals surface area contributed by atoms with E-state index in [2.05, 4.69) is 50.2 Å². The molecule has 1 amide bonds. The van der Waals surface area contributed by atoms with Crippen molar-refractivity contribution in [2.24, 2.45) is 0 Å². The summed E-state index contributed by atoms with van der Waals surface area (Å²) in [6.07, 6.45) is 0. The summed E-state index contributed by atoms with van der Waals surface area (Å²) in [7, 11) is 2.08. The Hall–Kier alpha value is -2.10. The number of furan rings is 1. The van der Waals surface area contributed by atoms with Crippen LogP contribution in [0.4, 0.5) is 0 Å². The largest absolute Gasteiger partial charge is 0.446 e. The quantitative estimate of drug-likeness (QED) is 0.509. The highest BCUT2D eigenvalue weighted by molar-refractivity contribution is 9.10. The normalized spacial score (nSPS) is 15.0. The van der Waals surface area contributed by atoms with Crippen LogP contribution in [0.25, 0.3) is 11.6 Å². The second-order valence-corrected chi connectivity index (χ2v) is 8.68. The van der Waals surface area contributed by atoms with Gasteiger partial charge in [0.15, 0.2) is 15.6 Å². The number of amides is 1. The first kappa shape index (κ1) is 20.2. The molecule has 0 aliphatic carbocycles. The average molecular weight is 476 g/mol. The number of thioether (sulfide) groups is 1. The van der Waals surface area contributed by atoms with Crippen molar-refractivity contribution in [1.29, 1.82) is 0 Å². The number of hydrogen-bond acceptors (Lipinski definition) is 6. The van der Waals surface area contributed by atoms with Gasteiger partial charge in [0.1, 0.15) is 0 Å². The third-order valence-electron chi connectivity index (χ3n) is 4.87. The third kappa shape index (κ3) is 4.91. The zero-order valence-electron chi connectivity index (χ0n) is 16.1. The minimum absolute atomic E-state index is 0.139. The maximum absolute atomic E-state index is 12.6. The molecule has 1 aliphatic heterocycles. The molecule has 0 bridgehead atoms. The number of benzene rings is 1. The van der Waals surface area contributed by atoms with Gasteiger partial charge in [0.05, 0.1) is 12.3 Å². The molecule has 1 saturated heterocycles. The number of halogens is 1. The highest BCUT2D eigenvalue weighted by Gasteiger charge is 2.22. The topological polar surface area (TPSA) is 67.4 Å². The number of carbonyl (C=O) groups excluding carboxylic acids is 1. The highest BCUT2D eigenvalue weighted by Crippen LogP contribution is 2.28. The van der Waals surface area contributed by atoms with Crippen LogP contribution in [0.2, 0.25) is 0 Å². The second-order valence-electron chi connectivity index (χ2n) is 6.95. The Bertz CT molecular complexity index is 966. The van der Waals surface area contributed by atoms with Crippen LogP contribution in [0.1, 0.15) is 5.56 Å². The summed E-state index contributed by atoms with van der Waals surface area (Å²) >= 11 is 4.77. The number of rotatable bonds is 6. The van der Waals surface area contributed by atoms with E-state index in [1.54, 1.807) is 0 Å². The Labute approximate surface area is 182 Å². The van der Waals surface area contributed by atoms with Crippen molar-refractivity contribution in [2.45, 2.75) is 11.7 Å². The lowest BCUT2D eigenvalue weighted by Crippen LogP contribution is -2.47. The van der Waals surface area contributed by atoms with Gasteiger partial charge < -0.3 is 14.2 Å². The number of piperazine rings is 1. The molecule has 2 aromatic heterocycles. The fraction of sp³-hybridized carbons (Fsp3) is 0.350. The van der Waals surface area contributed by atoms with Crippen LogP contribution in [0.3, 0.4) is 0 Å². The van der Waals surface area contributed by atoms with Crippen LogP contribution in [0.5, 0.6) is 0 Å². The van der Waals surface area contributed by atoms with Crippen LogP contribution < -0.4 is 0 Å². The van der Waals surface area contributed by atoms with E-state index in [0.29, 0.717) is 33.7 Å². The fourth-order valence-corrected chi connectivity index (χ4v) is 4.34. The summed E-state index contributed by atoms with van der Waals surface area (Å²) in [6.45, 7) is 3.99. The summed E-state index contributed by atoms with van der Waals surface area (Å²) in [5, 5.41) is 9.40. The zero-order valence-corrected chi connectivity index (χ0v) is 18.5. The summed E-state index contributed by atoms with van der Waals surface area (Å²) < 4.78 is 8.34. The van der Waals surface area contributed by atoms with Crippen molar-refractivity contribution in [3.63, 3.8) is 0 Å². The number of hydrogen-bond donors (Lipinski definition) is 0. The standard InChI is InChI=1S/C20H22BrN5O2S/c1-24-9-11-25(12-10-24)18(27)14-29-20-23-22-19(16-7-8-17(21)28-16)26(20)13-15-5-3-2-4-6-15/h2-8H,9-14H2,1H3. The highest BCUT2D eigenvalue weighted by atomic mass is 79.9. The van der Waals surface area contributed by atoms with Gasteiger partial charge in [-0.15, -0.1) is 10.2 Å². The van der Waals surface area contributed by atoms with Crippen LogP contribution in [-0.4, -0.2) is 69.5 Å². The van der Waals surface area contributed by atoms with E-state index in [1.807, 2.05) is 39.8 Å². The molecule has 1 aliphatic rings. The van der Waals surface area contributed by atoms with Gasteiger partial charge >= 0.3 is 0 Å². The predicted molar refractivity (Wildman–Crippen MR) is 116 cm³/mol. The van der Waals surface area contributed by atoms with Crippen LogP contribution in [-0.2, 0) is 11.3 Å².